The Kier molecular flexibility index (Phi) is 4.80. The van der Waals surface area contributed by atoms with Gasteiger partial charge in [-0.25, -0.2) is 4.98 Å². The SMILES string of the molecule is O=C(Nc1ccc2nc(-c3cccs3)[nH]c2c1)C1CC(=O)N(Cc2ccccc2)C1. The number of thiophene rings is 1. The van der Waals surface area contributed by atoms with Crippen LogP contribution in [0.2, 0.25) is 0 Å². The first-order valence-electron chi connectivity index (χ1n) is 9.82. The number of hydrogen-bond donors (Lipinski definition) is 2. The zero-order chi connectivity index (χ0) is 20.5. The van der Waals surface area contributed by atoms with Crippen LogP contribution in [0.15, 0.2) is 66.0 Å². The number of rotatable bonds is 5. The van der Waals surface area contributed by atoms with Crippen LogP contribution in [0.1, 0.15) is 12.0 Å². The predicted octanol–water partition coefficient (Wildman–Crippen LogP) is 4.28. The van der Waals surface area contributed by atoms with Crippen molar-refractivity contribution in [2.45, 2.75) is 13.0 Å². The van der Waals surface area contributed by atoms with E-state index >= 15 is 0 Å². The molecule has 0 bridgehead atoms. The van der Waals surface area contributed by atoms with Gasteiger partial charge in [-0.2, -0.15) is 0 Å². The average molecular weight is 417 g/mol. The van der Waals surface area contributed by atoms with Gasteiger partial charge in [-0.1, -0.05) is 36.4 Å². The first kappa shape index (κ1) is 18.6. The quantitative estimate of drug-likeness (QED) is 0.510. The Balaban J connectivity index is 1.27. The number of hydrogen-bond acceptors (Lipinski definition) is 4. The summed E-state index contributed by atoms with van der Waals surface area (Å²) in [7, 11) is 0. The molecule has 0 spiro atoms. The molecule has 150 valence electrons. The summed E-state index contributed by atoms with van der Waals surface area (Å²) in [6.45, 7) is 0.976. The molecule has 1 fully saturated rings. The van der Waals surface area contributed by atoms with Crippen LogP contribution in [-0.4, -0.2) is 33.2 Å². The summed E-state index contributed by atoms with van der Waals surface area (Å²) in [5, 5.41) is 4.97. The maximum absolute atomic E-state index is 12.8. The number of nitrogens with zero attached hydrogens (tertiary/aromatic N) is 2. The second kappa shape index (κ2) is 7.76. The molecule has 2 aromatic carbocycles. The van der Waals surface area contributed by atoms with E-state index in [0.29, 0.717) is 18.8 Å². The summed E-state index contributed by atoms with van der Waals surface area (Å²) in [5.74, 6) is 0.363. The first-order valence-corrected chi connectivity index (χ1v) is 10.7. The Bertz CT molecular complexity index is 1200. The largest absolute Gasteiger partial charge is 0.338 e. The fourth-order valence-corrected chi connectivity index (χ4v) is 4.44. The number of aromatic amines is 1. The van der Waals surface area contributed by atoms with Crippen LogP contribution >= 0.6 is 11.3 Å². The third-order valence-corrected chi connectivity index (χ3v) is 6.18. The van der Waals surface area contributed by atoms with Crippen molar-refractivity contribution in [2.24, 2.45) is 5.92 Å². The maximum atomic E-state index is 12.8. The van der Waals surface area contributed by atoms with E-state index in [0.717, 1.165) is 27.3 Å². The smallest absolute Gasteiger partial charge is 0.229 e. The van der Waals surface area contributed by atoms with Crippen LogP contribution < -0.4 is 5.32 Å². The summed E-state index contributed by atoms with van der Waals surface area (Å²) in [6.07, 6.45) is 0.244. The Morgan fingerprint density at radius 2 is 2.03 bits per heavy atom. The minimum atomic E-state index is -0.347. The van der Waals surface area contributed by atoms with E-state index in [-0.39, 0.29) is 24.2 Å². The van der Waals surface area contributed by atoms with E-state index in [1.54, 1.807) is 16.2 Å². The summed E-state index contributed by atoms with van der Waals surface area (Å²) in [4.78, 5) is 35.9. The van der Waals surface area contributed by atoms with Crippen molar-refractivity contribution in [1.29, 1.82) is 0 Å². The van der Waals surface area contributed by atoms with Crippen molar-refractivity contribution < 1.29 is 9.59 Å². The lowest BCUT2D eigenvalue weighted by molar-refractivity contribution is -0.128. The van der Waals surface area contributed by atoms with Gasteiger partial charge in [0.25, 0.3) is 0 Å². The molecule has 1 atom stereocenters. The molecule has 3 heterocycles. The molecule has 0 saturated carbocycles. The third kappa shape index (κ3) is 3.71. The van der Waals surface area contributed by atoms with Gasteiger partial charge in [-0.15, -0.1) is 11.3 Å². The first-order chi connectivity index (χ1) is 14.7. The number of benzene rings is 2. The summed E-state index contributed by atoms with van der Waals surface area (Å²) in [6, 6.07) is 19.5. The molecular weight excluding hydrogens is 396 g/mol. The van der Waals surface area contributed by atoms with Crippen LogP contribution in [0.25, 0.3) is 21.7 Å². The highest BCUT2D eigenvalue weighted by Gasteiger charge is 2.34. The second-order valence-electron chi connectivity index (χ2n) is 7.44. The molecule has 1 aliphatic heterocycles. The zero-order valence-electron chi connectivity index (χ0n) is 16.2. The highest BCUT2D eigenvalue weighted by atomic mass is 32.1. The van der Waals surface area contributed by atoms with Crippen LogP contribution in [0.3, 0.4) is 0 Å². The molecule has 0 aliphatic carbocycles. The van der Waals surface area contributed by atoms with Gasteiger partial charge in [0, 0.05) is 25.2 Å². The highest BCUT2D eigenvalue weighted by molar-refractivity contribution is 7.13. The van der Waals surface area contributed by atoms with Crippen molar-refractivity contribution >= 4 is 39.9 Å². The van der Waals surface area contributed by atoms with Crippen molar-refractivity contribution in [2.75, 3.05) is 11.9 Å². The summed E-state index contributed by atoms with van der Waals surface area (Å²) >= 11 is 1.62. The number of H-pyrrole nitrogens is 1. The van der Waals surface area contributed by atoms with Gasteiger partial charge in [0.2, 0.25) is 11.8 Å². The number of carbonyl (C=O) groups is 2. The van der Waals surface area contributed by atoms with Gasteiger partial charge < -0.3 is 15.2 Å². The molecule has 2 N–H and O–H groups in total. The highest BCUT2D eigenvalue weighted by Crippen LogP contribution is 2.27. The lowest BCUT2D eigenvalue weighted by Crippen LogP contribution is -2.28. The molecule has 2 amide bonds. The number of nitrogens with one attached hydrogen (secondary N) is 2. The Hall–Kier alpha value is -3.45. The number of amides is 2. The summed E-state index contributed by atoms with van der Waals surface area (Å²) < 4.78 is 0. The van der Waals surface area contributed by atoms with Gasteiger partial charge in [0.15, 0.2) is 0 Å². The van der Waals surface area contributed by atoms with Crippen molar-refractivity contribution in [3.05, 3.63) is 71.6 Å². The van der Waals surface area contributed by atoms with Crippen molar-refractivity contribution in [3.8, 4) is 10.7 Å². The topological polar surface area (TPSA) is 78.1 Å². The van der Waals surface area contributed by atoms with E-state index in [1.165, 1.54) is 0 Å². The average Bonchev–Trinajstić information content (AvgIpc) is 3.48. The number of carbonyl (C=O) groups excluding carboxylic acids is 2. The number of imidazole rings is 1. The fourth-order valence-electron chi connectivity index (χ4n) is 3.77. The third-order valence-electron chi connectivity index (χ3n) is 5.31. The molecule has 1 unspecified atom stereocenters. The number of likely N-dealkylation sites (tertiary alicyclic amines) is 1. The monoisotopic (exact) mass is 416 g/mol. The van der Waals surface area contributed by atoms with E-state index < -0.39 is 0 Å². The molecule has 0 radical (unpaired) electrons. The molecule has 5 rings (SSSR count). The molecule has 30 heavy (non-hydrogen) atoms. The van der Waals surface area contributed by atoms with Crippen LogP contribution in [0, 0.1) is 5.92 Å². The van der Waals surface area contributed by atoms with E-state index in [4.69, 9.17) is 0 Å². The molecular formula is C23H20N4O2S. The Labute approximate surface area is 177 Å². The van der Waals surface area contributed by atoms with Crippen molar-refractivity contribution in [1.82, 2.24) is 14.9 Å². The fraction of sp³-hybridized carbons (Fsp3) is 0.174. The number of fused-ring (bicyclic) bond motifs is 1. The minimum absolute atomic E-state index is 0.0172. The van der Waals surface area contributed by atoms with Crippen molar-refractivity contribution in [3.63, 3.8) is 0 Å². The Morgan fingerprint density at radius 1 is 1.17 bits per heavy atom. The van der Waals surface area contributed by atoms with E-state index in [9.17, 15) is 9.59 Å². The van der Waals surface area contributed by atoms with Crippen LogP contribution in [0.4, 0.5) is 5.69 Å². The van der Waals surface area contributed by atoms with Gasteiger partial charge in [0.05, 0.1) is 21.8 Å². The van der Waals surface area contributed by atoms with Gasteiger partial charge in [-0.05, 0) is 35.2 Å². The maximum Gasteiger partial charge on any atom is 0.229 e. The number of aromatic nitrogens is 2. The summed E-state index contributed by atoms with van der Waals surface area (Å²) in [5.41, 5.74) is 3.48. The van der Waals surface area contributed by atoms with Gasteiger partial charge in [-0.3, -0.25) is 9.59 Å². The van der Waals surface area contributed by atoms with E-state index in [2.05, 4.69) is 15.3 Å². The van der Waals surface area contributed by atoms with Gasteiger partial charge >= 0.3 is 0 Å². The molecule has 6 nitrogen and oxygen atoms in total. The van der Waals surface area contributed by atoms with Gasteiger partial charge in [0.1, 0.15) is 5.82 Å². The predicted molar refractivity (Wildman–Crippen MR) is 118 cm³/mol. The second-order valence-corrected chi connectivity index (χ2v) is 8.39. The molecule has 1 saturated heterocycles. The normalized spacial score (nSPS) is 16.3. The Morgan fingerprint density at radius 3 is 2.83 bits per heavy atom. The lowest BCUT2D eigenvalue weighted by Gasteiger charge is -2.16. The lowest BCUT2D eigenvalue weighted by atomic mass is 10.1. The number of anilines is 1. The molecule has 1 aliphatic rings. The molecule has 4 aromatic rings. The molecule has 7 heteroatoms. The van der Waals surface area contributed by atoms with Crippen LogP contribution in [0.5, 0.6) is 0 Å². The van der Waals surface area contributed by atoms with E-state index in [1.807, 2.05) is 66.0 Å². The minimum Gasteiger partial charge on any atom is -0.338 e. The molecule has 2 aromatic heterocycles. The standard InChI is InChI=1S/C23H20N4O2S/c28-21-11-16(14-27(21)13-15-5-2-1-3-6-15)23(29)24-17-8-9-18-19(12-17)26-22(25-18)20-7-4-10-30-20/h1-10,12,16H,11,13-14H2,(H,24,29)(H,25,26). The zero-order valence-corrected chi connectivity index (χ0v) is 17.0. The van der Waals surface area contributed by atoms with Crippen LogP contribution in [-0.2, 0) is 16.1 Å².